The van der Waals surface area contributed by atoms with E-state index < -0.39 is 16.9 Å². The second kappa shape index (κ2) is 7.34. The summed E-state index contributed by atoms with van der Waals surface area (Å²) in [5.41, 5.74) is 3.34. The highest BCUT2D eigenvalue weighted by molar-refractivity contribution is 9.10. The van der Waals surface area contributed by atoms with Crippen molar-refractivity contribution in [2.24, 2.45) is 0 Å². The minimum absolute atomic E-state index is 0.208. The van der Waals surface area contributed by atoms with Crippen LogP contribution in [0.15, 0.2) is 65.3 Å². The average Bonchev–Trinajstić information content (AvgIpc) is 2.56. The van der Waals surface area contributed by atoms with Crippen molar-refractivity contribution < 1.29 is 13.2 Å². The quantitative estimate of drug-likeness (QED) is 0.618. The van der Waals surface area contributed by atoms with Gasteiger partial charge in [0.2, 0.25) is 0 Å². The molecular formula is C18H13BrFNO2S. The van der Waals surface area contributed by atoms with Gasteiger partial charge in [-0.25, -0.2) is 8.60 Å². The van der Waals surface area contributed by atoms with Gasteiger partial charge >= 0.3 is 0 Å². The smallest absolute Gasteiger partial charge is 0.157 e. The number of hydrogen-bond acceptors (Lipinski definition) is 2. The summed E-state index contributed by atoms with van der Waals surface area (Å²) in [6.07, 6.45) is 1.66. The predicted octanol–water partition coefficient (Wildman–Crippen LogP) is 5.04. The number of halogens is 2. The number of benzene rings is 2. The fourth-order valence-corrected chi connectivity index (χ4v) is 3.37. The molecule has 0 aliphatic heterocycles. The Hall–Kier alpha value is -1.89. The van der Waals surface area contributed by atoms with Gasteiger partial charge in [-0.15, -0.1) is 0 Å². The van der Waals surface area contributed by atoms with Crippen LogP contribution in [0.3, 0.4) is 0 Å². The molecule has 0 saturated carbocycles. The van der Waals surface area contributed by atoms with Gasteiger partial charge in [-0.05, 0) is 29.8 Å². The Morgan fingerprint density at radius 3 is 2.62 bits per heavy atom. The lowest BCUT2D eigenvalue weighted by Gasteiger charge is -2.10. The number of pyridine rings is 1. The summed E-state index contributed by atoms with van der Waals surface area (Å²) in [5.74, 6) is -0.743. The third-order valence-corrected chi connectivity index (χ3v) is 4.60. The SMILES string of the molecule is O=S(O)Cc1ccc(-c2ncccc2-c2cccc(Br)c2)cc1F. The molecule has 0 radical (unpaired) electrons. The van der Waals surface area contributed by atoms with Crippen molar-refractivity contribution in [2.45, 2.75) is 5.75 Å². The molecule has 0 saturated heterocycles. The summed E-state index contributed by atoms with van der Waals surface area (Å²) in [7, 11) is 0. The molecule has 3 nitrogen and oxygen atoms in total. The van der Waals surface area contributed by atoms with E-state index in [2.05, 4.69) is 20.9 Å². The first kappa shape index (κ1) is 17.0. The van der Waals surface area contributed by atoms with Crippen LogP contribution < -0.4 is 0 Å². The van der Waals surface area contributed by atoms with Crippen molar-refractivity contribution >= 4 is 27.0 Å². The highest BCUT2D eigenvalue weighted by Gasteiger charge is 2.12. The lowest BCUT2D eigenvalue weighted by Crippen LogP contribution is -1.97. The van der Waals surface area contributed by atoms with Crippen LogP contribution in [-0.2, 0) is 16.8 Å². The molecule has 3 aromatic rings. The van der Waals surface area contributed by atoms with Crippen LogP contribution in [0.2, 0.25) is 0 Å². The van der Waals surface area contributed by atoms with E-state index in [9.17, 15) is 8.60 Å². The van der Waals surface area contributed by atoms with E-state index in [0.29, 0.717) is 11.3 Å². The average molecular weight is 406 g/mol. The molecule has 2 aromatic carbocycles. The molecule has 1 atom stereocenters. The summed E-state index contributed by atoms with van der Waals surface area (Å²) in [5, 5.41) is 0. The standard InChI is InChI=1S/C18H13BrFNO2S/c19-15-4-1-3-12(9-15)16-5-2-8-21-18(16)13-6-7-14(11-24(22)23)17(20)10-13/h1-10H,11H2,(H,22,23). The van der Waals surface area contributed by atoms with Crippen LogP contribution in [-0.4, -0.2) is 13.7 Å². The molecular weight excluding hydrogens is 393 g/mol. The first-order valence-electron chi connectivity index (χ1n) is 7.12. The van der Waals surface area contributed by atoms with Crippen LogP contribution in [0.5, 0.6) is 0 Å². The van der Waals surface area contributed by atoms with E-state index in [-0.39, 0.29) is 11.3 Å². The first-order chi connectivity index (χ1) is 11.5. The number of nitrogens with zero attached hydrogens (tertiary/aromatic N) is 1. The van der Waals surface area contributed by atoms with E-state index in [4.69, 9.17) is 4.55 Å². The molecule has 1 heterocycles. The van der Waals surface area contributed by atoms with Gasteiger partial charge in [-0.2, -0.15) is 0 Å². The monoisotopic (exact) mass is 405 g/mol. The van der Waals surface area contributed by atoms with Gasteiger partial charge in [0.1, 0.15) is 5.82 Å². The topological polar surface area (TPSA) is 50.2 Å². The fourth-order valence-electron chi connectivity index (χ4n) is 2.47. The first-order valence-corrected chi connectivity index (χ1v) is 9.18. The zero-order chi connectivity index (χ0) is 17.1. The molecule has 122 valence electrons. The molecule has 3 rings (SSSR count). The molecule has 0 fully saturated rings. The summed E-state index contributed by atoms with van der Waals surface area (Å²) in [6.45, 7) is 0. The Balaban J connectivity index is 2.08. The normalized spacial score (nSPS) is 12.1. The maximum absolute atomic E-state index is 14.2. The van der Waals surface area contributed by atoms with Gasteiger partial charge < -0.3 is 4.55 Å². The van der Waals surface area contributed by atoms with Crippen molar-refractivity contribution in [3.8, 4) is 22.4 Å². The van der Waals surface area contributed by atoms with Crippen molar-refractivity contribution in [3.05, 3.63) is 76.6 Å². The molecule has 1 N–H and O–H groups in total. The van der Waals surface area contributed by atoms with Gasteiger partial charge in [0.15, 0.2) is 11.1 Å². The molecule has 0 aliphatic carbocycles. The van der Waals surface area contributed by atoms with Gasteiger partial charge in [0.25, 0.3) is 0 Å². The molecule has 6 heteroatoms. The second-order valence-electron chi connectivity index (χ2n) is 5.18. The molecule has 0 spiro atoms. The van der Waals surface area contributed by atoms with Gasteiger partial charge in [-0.1, -0.05) is 46.3 Å². The molecule has 0 amide bonds. The third-order valence-electron chi connectivity index (χ3n) is 3.55. The highest BCUT2D eigenvalue weighted by atomic mass is 79.9. The number of hydrogen-bond donors (Lipinski definition) is 1. The zero-order valence-corrected chi connectivity index (χ0v) is 14.8. The summed E-state index contributed by atoms with van der Waals surface area (Å²) in [4.78, 5) is 4.40. The van der Waals surface area contributed by atoms with Crippen molar-refractivity contribution in [2.75, 3.05) is 0 Å². The zero-order valence-electron chi connectivity index (χ0n) is 12.4. The molecule has 1 aromatic heterocycles. The molecule has 1 unspecified atom stereocenters. The molecule has 0 aliphatic rings. The minimum atomic E-state index is -2.08. The lowest BCUT2D eigenvalue weighted by atomic mass is 9.99. The Morgan fingerprint density at radius 1 is 1.08 bits per heavy atom. The largest absolute Gasteiger partial charge is 0.306 e. The number of aromatic nitrogens is 1. The minimum Gasteiger partial charge on any atom is -0.306 e. The maximum atomic E-state index is 14.2. The highest BCUT2D eigenvalue weighted by Crippen LogP contribution is 2.32. The van der Waals surface area contributed by atoms with Crippen LogP contribution in [0.25, 0.3) is 22.4 Å². The fraction of sp³-hybridized carbons (Fsp3) is 0.0556. The molecule has 0 bridgehead atoms. The van der Waals surface area contributed by atoms with Crippen LogP contribution in [0, 0.1) is 5.82 Å². The van der Waals surface area contributed by atoms with Crippen molar-refractivity contribution in [3.63, 3.8) is 0 Å². The third kappa shape index (κ3) is 3.77. The molecule has 24 heavy (non-hydrogen) atoms. The number of rotatable bonds is 4. The van der Waals surface area contributed by atoms with Crippen LogP contribution in [0.4, 0.5) is 4.39 Å². The summed E-state index contributed by atoms with van der Waals surface area (Å²) < 4.78 is 35.0. The van der Waals surface area contributed by atoms with Crippen molar-refractivity contribution in [1.29, 1.82) is 0 Å². The second-order valence-corrected chi connectivity index (χ2v) is 7.03. The lowest BCUT2D eigenvalue weighted by molar-refractivity contribution is 0.559. The Kier molecular flexibility index (Phi) is 5.18. The van der Waals surface area contributed by atoms with E-state index in [1.807, 2.05) is 36.4 Å². The maximum Gasteiger partial charge on any atom is 0.157 e. The van der Waals surface area contributed by atoms with Crippen LogP contribution >= 0.6 is 15.9 Å². The Morgan fingerprint density at radius 2 is 1.92 bits per heavy atom. The van der Waals surface area contributed by atoms with Crippen molar-refractivity contribution in [1.82, 2.24) is 4.98 Å². The Labute approximate surface area is 150 Å². The van der Waals surface area contributed by atoms with E-state index in [1.165, 1.54) is 12.1 Å². The van der Waals surface area contributed by atoms with E-state index in [1.54, 1.807) is 12.3 Å². The van der Waals surface area contributed by atoms with E-state index in [0.717, 1.165) is 15.6 Å². The van der Waals surface area contributed by atoms with Gasteiger partial charge in [0, 0.05) is 27.4 Å². The Bertz CT molecular complexity index is 917. The van der Waals surface area contributed by atoms with Crippen LogP contribution in [0.1, 0.15) is 5.56 Å². The summed E-state index contributed by atoms with van der Waals surface area (Å²) >= 11 is 1.38. The van der Waals surface area contributed by atoms with Gasteiger partial charge in [0.05, 0.1) is 11.4 Å². The van der Waals surface area contributed by atoms with E-state index >= 15 is 0 Å². The van der Waals surface area contributed by atoms with Gasteiger partial charge in [-0.3, -0.25) is 4.98 Å². The predicted molar refractivity (Wildman–Crippen MR) is 97.2 cm³/mol. The summed E-state index contributed by atoms with van der Waals surface area (Å²) in [6, 6.07) is 16.2.